The largest absolute Gasteiger partial charge is 0.352 e. The van der Waals surface area contributed by atoms with Crippen LogP contribution in [0, 0.1) is 6.92 Å². The molecule has 0 bridgehead atoms. The molecular weight excluding hydrogens is 264 g/mol. The third-order valence-electron chi connectivity index (χ3n) is 4.26. The van der Waals surface area contributed by atoms with Crippen molar-refractivity contribution in [2.24, 2.45) is 5.84 Å². The van der Waals surface area contributed by atoms with Crippen molar-refractivity contribution in [3.05, 3.63) is 11.4 Å². The van der Waals surface area contributed by atoms with Crippen LogP contribution >= 0.6 is 0 Å². The van der Waals surface area contributed by atoms with Gasteiger partial charge in [0.15, 0.2) is 0 Å². The van der Waals surface area contributed by atoms with Crippen molar-refractivity contribution < 1.29 is 0 Å². The van der Waals surface area contributed by atoms with Crippen LogP contribution in [0.25, 0.3) is 0 Å². The lowest BCUT2D eigenvalue weighted by atomic mass is 10.1. The molecule has 0 aliphatic carbocycles. The molecule has 0 radical (unpaired) electrons. The third kappa shape index (κ3) is 3.44. The molecule has 6 heteroatoms. The summed E-state index contributed by atoms with van der Waals surface area (Å²) in [6, 6.07) is 0.487. The molecule has 2 rings (SSSR count). The zero-order valence-electron chi connectivity index (χ0n) is 13.7. The van der Waals surface area contributed by atoms with Gasteiger partial charge >= 0.3 is 0 Å². The number of hydrogen-bond donors (Lipinski definition) is 2. The van der Waals surface area contributed by atoms with Crippen molar-refractivity contribution in [3.8, 4) is 0 Å². The molecule has 1 aromatic rings. The Morgan fingerprint density at radius 1 is 1.29 bits per heavy atom. The molecule has 6 nitrogen and oxygen atoms in total. The molecule has 0 saturated carbocycles. The van der Waals surface area contributed by atoms with E-state index in [1.165, 1.54) is 0 Å². The van der Waals surface area contributed by atoms with Gasteiger partial charge in [-0.3, -0.25) is 0 Å². The fraction of sp³-hybridized carbons (Fsp3) is 0.733. The van der Waals surface area contributed by atoms with Crippen molar-refractivity contribution >= 4 is 11.6 Å². The van der Waals surface area contributed by atoms with Gasteiger partial charge in [0.25, 0.3) is 0 Å². The smallest absolute Gasteiger partial charge is 0.148 e. The van der Waals surface area contributed by atoms with Crippen LogP contribution in [-0.4, -0.2) is 47.6 Å². The average molecular weight is 292 g/mol. The maximum Gasteiger partial charge on any atom is 0.148 e. The highest BCUT2D eigenvalue weighted by Crippen LogP contribution is 2.27. The van der Waals surface area contributed by atoms with Gasteiger partial charge in [-0.1, -0.05) is 13.8 Å². The molecule has 3 N–H and O–H groups in total. The Labute approximate surface area is 127 Å². The first-order valence-electron chi connectivity index (χ1n) is 7.90. The number of aromatic nitrogens is 2. The summed E-state index contributed by atoms with van der Waals surface area (Å²) in [5.74, 6) is 8.25. The topological polar surface area (TPSA) is 70.3 Å². The van der Waals surface area contributed by atoms with E-state index in [-0.39, 0.29) is 0 Å². The lowest BCUT2D eigenvalue weighted by Gasteiger charge is -2.32. The molecule has 1 aromatic heterocycles. The second kappa shape index (κ2) is 7.04. The molecule has 118 valence electrons. The van der Waals surface area contributed by atoms with E-state index in [1.54, 1.807) is 0 Å². The Morgan fingerprint density at radius 3 is 2.67 bits per heavy atom. The van der Waals surface area contributed by atoms with Gasteiger partial charge in [0.05, 0.1) is 0 Å². The SMILES string of the molecule is CCc1nc(NN)c(C)c(N2CCCN(C)CC2CC)n1. The summed E-state index contributed by atoms with van der Waals surface area (Å²) in [6.45, 7) is 9.62. The maximum atomic E-state index is 5.63. The Morgan fingerprint density at radius 2 is 2.05 bits per heavy atom. The first kappa shape index (κ1) is 16.0. The van der Waals surface area contributed by atoms with Gasteiger partial charge in [-0.25, -0.2) is 15.8 Å². The number of anilines is 2. The Kier molecular flexibility index (Phi) is 5.36. The Balaban J connectivity index is 2.42. The zero-order chi connectivity index (χ0) is 15.4. The second-order valence-electron chi connectivity index (χ2n) is 5.81. The first-order valence-corrected chi connectivity index (χ1v) is 7.90. The molecule has 1 unspecified atom stereocenters. The van der Waals surface area contributed by atoms with Crippen molar-refractivity contribution in [2.75, 3.05) is 37.0 Å². The summed E-state index contributed by atoms with van der Waals surface area (Å²) < 4.78 is 0. The molecule has 1 atom stereocenters. The number of hydrogen-bond acceptors (Lipinski definition) is 6. The van der Waals surface area contributed by atoms with Crippen LogP contribution in [0.15, 0.2) is 0 Å². The minimum absolute atomic E-state index is 0.487. The van der Waals surface area contributed by atoms with E-state index in [9.17, 15) is 0 Å². The third-order valence-corrected chi connectivity index (χ3v) is 4.26. The molecule has 1 saturated heterocycles. The number of nitrogens with zero attached hydrogens (tertiary/aromatic N) is 4. The van der Waals surface area contributed by atoms with E-state index < -0.39 is 0 Å². The summed E-state index contributed by atoms with van der Waals surface area (Å²) in [5.41, 5.74) is 3.76. The van der Waals surface area contributed by atoms with Crippen LogP contribution in [0.5, 0.6) is 0 Å². The van der Waals surface area contributed by atoms with Gasteiger partial charge in [0.1, 0.15) is 17.5 Å². The van der Waals surface area contributed by atoms with Gasteiger partial charge in [-0.15, -0.1) is 0 Å². The van der Waals surface area contributed by atoms with E-state index in [0.29, 0.717) is 6.04 Å². The number of rotatable bonds is 4. The van der Waals surface area contributed by atoms with Gasteiger partial charge in [0.2, 0.25) is 0 Å². The van der Waals surface area contributed by atoms with Crippen molar-refractivity contribution in [1.82, 2.24) is 14.9 Å². The fourth-order valence-electron chi connectivity index (χ4n) is 3.00. The molecular formula is C15H28N6. The Bertz CT molecular complexity index is 475. The summed E-state index contributed by atoms with van der Waals surface area (Å²) in [5, 5.41) is 0. The van der Waals surface area contributed by atoms with Crippen LogP contribution in [-0.2, 0) is 6.42 Å². The van der Waals surface area contributed by atoms with Gasteiger partial charge < -0.3 is 15.2 Å². The Hall–Kier alpha value is -1.40. The fourth-order valence-corrected chi connectivity index (χ4v) is 3.00. The predicted octanol–water partition coefficient (Wildman–Crippen LogP) is 1.55. The van der Waals surface area contributed by atoms with Gasteiger partial charge in [-0.2, -0.15) is 0 Å². The van der Waals surface area contributed by atoms with Crippen molar-refractivity contribution in [2.45, 2.75) is 46.1 Å². The van der Waals surface area contributed by atoms with E-state index in [0.717, 1.165) is 61.9 Å². The molecule has 2 heterocycles. The number of nitrogen functional groups attached to an aromatic ring is 1. The minimum atomic E-state index is 0.487. The first-order chi connectivity index (χ1) is 10.1. The van der Waals surface area contributed by atoms with E-state index in [4.69, 9.17) is 10.8 Å². The van der Waals surface area contributed by atoms with Crippen LogP contribution in [0.3, 0.4) is 0 Å². The average Bonchev–Trinajstić information content (AvgIpc) is 2.68. The lowest BCUT2D eigenvalue weighted by molar-refractivity contribution is 0.327. The maximum absolute atomic E-state index is 5.63. The number of nitrogens with two attached hydrogens (primary N) is 1. The standard InChI is InChI=1S/C15H28N6/c1-5-12-10-20(4)8-7-9-21(12)15-11(3)14(19-16)17-13(6-2)18-15/h12H,5-10,16H2,1-4H3,(H,17,18,19). The number of nitrogens with one attached hydrogen (secondary N) is 1. The van der Waals surface area contributed by atoms with Crippen LogP contribution in [0.1, 0.15) is 38.1 Å². The summed E-state index contributed by atoms with van der Waals surface area (Å²) in [7, 11) is 2.20. The summed E-state index contributed by atoms with van der Waals surface area (Å²) in [4.78, 5) is 14.1. The zero-order valence-corrected chi connectivity index (χ0v) is 13.7. The van der Waals surface area contributed by atoms with Gasteiger partial charge in [0, 0.05) is 31.1 Å². The van der Waals surface area contributed by atoms with Crippen LogP contribution < -0.4 is 16.2 Å². The van der Waals surface area contributed by atoms with Crippen LogP contribution in [0.2, 0.25) is 0 Å². The van der Waals surface area contributed by atoms with E-state index in [2.05, 4.69) is 41.1 Å². The highest BCUT2D eigenvalue weighted by atomic mass is 15.3. The normalized spacial score (nSPS) is 20.4. The molecule has 1 aliphatic heterocycles. The quantitative estimate of drug-likeness (QED) is 0.648. The lowest BCUT2D eigenvalue weighted by Crippen LogP contribution is -2.41. The molecule has 1 fully saturated rings. The number of hydrazine groups is 1. The van der Waals surface area contributed by atoms with Crippen LogP contribution in [0.4, 0.5) is 11.6 Å². The number of aryl methyl sites for hydroxylation is 1. The minimum Gasteiger partial charge on any atom is -0.352 e. The highest BCUT2D eigenvalue weighted by Gasteiger charge is 2.25. The summed E-state index contributed by atoms with van der Waals surface area (Å²) >= 11 is 0. The predicted molar refractivity (Wildman–Crippen MR) is 87.5 cm³/mol. The van der Waals surface area contributed by atoms with E-state index in [1.807, 2.05) is 6.92 Å². The van der Waals surface area contributed by atoms with Crippen molar-refractivity contribution in [3.63, 3.8) is 0 Å². The molecule has 21 heavy (non-hydrogen) atoms. The second-order valence-corrected chi connectivity index (χ2v) is 5.81. The monoisotopic (exact) mass is 292 g/mol. The van der Waals surface area contributed by atoms with Gasteiger partial charge in [-0.05, 0) is 33.4 Å². The molecule has 0 spiro atoms. The van der Waals surface area contributed by atoms with E-state index >= 15 is 0 Å². The molecule has 0 amide bonds. The molecule has 1 aliphatic rings. The van der Waals surface area contributed by atoms with Crippen molar-refractivity contribution in [1.29, 1.82) is 0 Å². The molecule has 0 aromatic carbocycles. The number of likely N-dealkylation sites (N-methyl/N-ethyl adjacent to an activating group) is 1. The highest BCUT2D eigenvalue weighted by molar-refractivity contribution is 5.58. The summed E-state index contributed by atoms with van der Waals surface area (Å²) in [6.07, 6.45) is 3.08.